The highest BCUT2D eigenvalue weighted by molar-refractivity contribution is 5.99. The Morgan fingerprint density at radius 2 is 2.14 bits per heavy atom. The summed E-state index contributed by atoms with van der Waals surface area (Å²) in [5.74, 6) is -0.119. The Bertz CT molecular complexity index is 1300. The van der Waals surface area contributed by atoms with Gasteiger partial charge in [-0.15, -0.1) is 0 Å². The Labute approximate surface area is 210 Å². The average Bonchev–Trinajstić information content (AvgIpc) is 2.92. The number of aromatic nitrogens is 2. The van der Waals surface area contributed by atoms with Crippen molar-refractivity contribution >= 4 is 11.7 Å². The van der Waals surface area contributed by atoms with Crippen LogP contribution in [0.15, 0.2) is 78.4 Å². The Morgan fingerprint density at radius 1 is 1.28 bits per heavy atom. The molecule has 0 spiro atoms. The van der Waals surface area contributed by atoms with E-state index in [1.165, 1.54) is 24.4 Å². The van der Waals surface area contributed by atoms with E-state index in [0.29, 0.717) is 37.4 Å². The molecule has 7 nitrogen and oxygen atoms in total. The lowest BCUT2D eigenvalue weighted by molar-refractivity contribution is 0.0955. The van der Waals surface area contributed by atoms with Crippen LogP contribution in [0.1, 0.15) is 59.3 Å². The minimum absolute atomic E-state index is 0.165. The fourth-order valence-electron chi connectivity index (χ4n) is 3.63. The summed E-state index contributed by atoms with van der Waals surface area (Å²) >= 11 is 0. The zero-order valence-corrected chi connectivity index (χ0v) is 20.0. The maximum Gasteiger partial charge on any atom is 0.255 e. The van der Waals surface area contributed by atoms with Crippen molar-refractivity contribution < 1.29 is 9.18 Å². The van der Waals surface area contributed by atoms with Crippen LogP contribution >= 0.6 is 0 Å². The molecule has 0 saturated carbocycles. The first-order valence-corrected chi connectivity index (χ1v) is 11.7. The van der Waals surface area contributed by atoms with Gasteiger partial charge in [-0.3, -0.25) is 4.79 Å². The van der Waals surface area contributed by atoms with Crippen LogP contribution in [0.2, 0.25) is 0 Å². The van der Waals surface area contributed by atoms with Crippen LogP contribution in [0.4, 0.5) is 10.2 Å². The molecule has 8 heteroatoms. The summed E-state index contributed by atoms with van der Waals surface area (Å²) in [5, 5.41) is 24.3. The van der Waals surface area contributed by atoms with E-state index in [1.807, 2.05) is 25.1 Å². The summed E-state index contributed by atoms with van der Waals surface area (Å²) in [6.07, 6.45) is 15.6. The van der Waals surface area contributed by atoms with Crippen molar-refractivity contribution in [2.45, 2.75) is 32.1 Å². The van der Waals surface area contributed by atoms with Gasteiger partial charge in [0, 0.05) is 31.4 Å². The summed E-state index contributed by atoms with van der Waals surface area (Å²) in [4.78, 5) is 21.1. The maximum atomic E-state index is 13.4. The van der Waals surface area contributed by atoms with E-state index in [2.05, 4.69) is 38.8 Å². The van der Waals surface area contributed by atoms with Crippen LogP contribution in [-0.4, -0.2) is 29.0 Å². The second-order valence-corrected chi connectivity index (χ2v) is 8.10. The van der Waals surface area contributed by atoms with Gasteiger partial charge in [-0.2, -0.15) is 10.5 Å². The first-order chi connectivity index (χ1) is 17.5. The molecule has 0 unspecified atom stereocenters. The third-order valence-corrected chi connectivity index (χ3v) is 5.50. The normalized spacial score (nSPS) is 15.2. The topological polar surface area (TPSA) is 114 Å². The van der Waals surface area contributed by atoms with Crippen molar-refractivity contribution in [3.63, 3.8) is 0 Å². The number of nitrogens with zero attached hydrogens (tertiary/aromatic N) is 4. The van der Waals surface area contributed by atoms with Crippen LogP contribution in [0.3, 0.4) is 0 Å². The number of carbonyl (C=O) groups is 1. The van der Waals surface area contributed by atoms with E-state index in [9.17, 15) is 14.4 Å². The highest BCUT2D eigenvalue weighted by atomic mass is 19.1. The summed E-state index contributed by atoms with van der Waals surface area (Å²) in [6.45, 7) is 2.63. The molecule has 2 aromatic heterocycles. The number of hydrogen-bond donors (Lipinski definition) is 2. The van der Waals surface area contributed by atoms with Gasteiger partial charge in [0.05, 0.1) is 11.1 Å². The first-order valence-electron chi connectivity index (χ1n) is 11.7. The minimum atomic E-state index is -0.362. The number of carbonyl (C=O) groups excluding carboxylic acids is 1. The summed E-state index contributed by atoms with van der Waals surface area (Å²) in [6, 6.07) is 9.28. The molecule has 0 saturated heterocycles. The SMILES string of the molecule is CC/C=C(F)\C=C/CCNC(=O)c1cc(C#N)cnc1NCC1=CC[C@@H](c2ccnc(C#N)c2)C=C1. The standard InChI is InChI=1S/C28H27FN6O/c1-2-5-24(29)6-3-4-12-33-28(36)26-14-21(16-30)19-35-27(26)34-18-20-7-9-22(10-8-20)23-11-13-32-25(15-23)17-31/h3,5-9,11,13-15,19,22H,2,4,10,12,18H2,1H3,(H,33,36)(H,34,35)/b6-3-,24-5+/t22-/m0/s1. The van der Waals surface area contributed by atoms with Crippen LogP contribution in [-0.2, 0) is 0 Å². The number of nitrogens with one attached hydrogen (secondary N) is 2. The fraction of sp³-hybridized carbons (Fsp3) is 0.250. The van der Waals surface area contributed by atoms with E-state index in [1.54, 1.807) is 18.3 Å². The number of rotatable bonds is 10. The molecule has 1 aliphatic carbocycles. The second-order valence-electron chi connectivity index (χ2n) is 8.10. The molecule has 0 aromatic carbocycles. The molecule has 2 N–H and O–H groups in total. The highest BCUT2D eigenvalue weighted by Crippen LogP contribution is 2.27. The number of amides is 1. The number of hydrogen-bond acceptors (Lipinski definition) is 6. The van der Waals surface area contributed by atoms with Crippen LogP contribution in [0.25, 0.3) is 0 Å². The van der Waals surface area contributed by atoms with E-state index in [0.717, 1.165) is 17.6 Å². The smallest absolute Gasteiger partial charge is 0.255 e. The lowest BCUT2D eigenvalue weighted by Gasteiger charge is -2.18. The molecule has 0 bridgehead atoms. The van der Waals surface area contributed by atoms with Gasteiger partial charge in [0.25, 0.3) is 5.91 Å². The highest BCUT2D eigenvalue weighted by Gasteiger charge is 2.15. The van der Waals surface area contributed by atoms with Crippen molar-refractivity contribution in [2.75, 3.05) is 18.4 Å². The Balaban J connectivity index is 1.59. The molecular formula is C28H27FN6O. The second kappa shape index (κ2) is 13.4. The van der Waals surface area contributed by atoms with Crippen molar-refractivity contribution in [1.29, 1.82) is 10.5 Å². The number of halogens is 1. The third kappa shape index (κ3) is 7.48. The Hall–Kier alpha value is -4.56. The van der Waals surface area contributed by atoms with Crippen molar-refractivity contribution in [2.24, 2.45) is 0 Å². The summed E-state index contributed by atoms with van der Waals surface area (Å²) < 4.78 is 13.4. The van der Waals surface area contributed by atoms with Gasteiger partial charge in [-0.1, -0.05) is 31.2 Å². The minimum Gasteiger partial charge on any atom is -0.365 e. The molecule has 36 heavy (non-hydrogen) atoms. The monoisotopic (exact) mass is 482 g/mol. The Kier molecular flexibility index (Phi) is 9.67. The molecule has 0 aliphatic heterocycles. The average molecular weight is 483 g/mol. The van der Waals surface area contributed by atoms with Crippen molar-refractivity contribution in [3.05, 3.63) is 101 Å². The fourth-order valence-corrected chi connectivity index (χ4v) is 3.63. The first kappa shape index (κ1) is 26.1. The number of anilines is 1. The van der Waals surface area contributed by atoms with Gasteiger partial charge >= 0.3 is 0 Å². The molecule has 182 valence electrons. The molecule has 0 radical (unpaired) electrons. The Morgan fingerprint density at radius 3 is 2.86 bits per heavy atom. The molecule has 0 fully saturated rings. The van der Waals surface area contributed by atoms with Crippen LogP contribution in [0.5, 0.6) is 0 Å². The quantitative estimate of drug-likeness (QED) is 0.353. The predicted octanol–water partition coefficient (Wildman–Crippen LogP) is 5.24. The molecule has 2 aromatic rings. The lowest BCUT2D eigenvalue weighted by atomic mass is 9.90. The summed E-state index contributed by atoms with van der Waals surface area (Å²) in [7, 11) is 0. The lowest BCUT2D eigenvalue weighted by Crippen LogP contribution is -2.26. The molecule has 3 rings (SSSR count). The molecule has 1 aliphatic rings. The molecular weight excluding hydrogens is 455 g/mol. The molecule has 2 heterocycles. The van der Waals surface area contributed by atoms with E-state index >= 15 is 0 Å². The third-order valence-electron chi connectivity index (χ3n) is 5.50. The summed E-state index contributed by atoms with van der Waals surface area (Å²) in [5.41, 5.74) is 3.02. The zero-order chi connectivity index (χ0) is 25.8. The maximum absolute atomic E-state index is 13.4. The number of allylic oxidation sites excluding steroid dienone is 5. The van der Waals surface area contributed by atoms with Gasteiger partial charge < -0.3 is 10.6 Å². The largest absolute Gasteiger partial charge is 0.365 e. The zero-order valence-electron chi connectivity index (χ0n) is 20.0. The van der Waals surface area contributed by atoms with Gasteiger partial charge in [0.1, 0.15) is 29.5 Å². The van der Waals surface area contributed by atoms with Crippen LogP contribution in [0, 0.1) is 22.7 Å². The number of pyridine rings is 2. The van der Waals surface area contributed by atoms with Crippen LogP contribution < -0.4 is 10.6 Å². The van der Waals surface area contributed by atoms with Gasteiger partial charge in [-0.25, -0.2) is 14.4 Å². The van der Waals surface area contributed by atoms with E-state index in [-0.39, 0.29) is 28.8 Å². The van der Waals surface area contributed by atoms with Gasteiger partial charge in [0.15, 0.2) is 0 Å². The van der Waals surface area contributed by atoms with Crippen molar-refractivity contribution in [1.82, 2.24) is 15.3 Å². The van der Waals surface area contributed by atoms with Crippen molar-refractivity contribution in [3.8, 4) is 12.1 Å². The van der Waals surface area contributed by atoms with Gasteiger partial charge in [-0.05, 0) is 60.8 Å². The van der Waals surface area contributed by atoms with E-state index in [4.69, 9.17) is 5.26 Å². The van der Waals surface area contributed by atoms with Gasteiger partial charge in [0.2, 0.25) is 0 Å². The number of nitriles is 2. The molecule has 1 amide bonds. The van der Waals surface area contributed by atoms with E-state index < -0.39 is 0 Å². The predicted molar refractivity (Wildman–Crippen MR) is 137 cm³/mol. The molecule has 1 atom stereocenters.